The normalized spacial score (nSPS) is 13.8. The van der Waals surface area contributed by atoms with E-state index in [9.17, 15) is 4.79 Å². The molecule has 0 aliphatic carbocycles. The highest BCUT2D eigenvalue weighted by Crippen LogP contribution is 2.42. The maximum absolute atomic E-state index is 11.9. The number of hydrogen-bond donors (Lipinski definition) is 2. The number of nitrogens with one attached hydrogen (secondary N) is 1. The van der Waals surface area contributed by atoms with Crippen LogP contribution in [0.3, 0.4) is 0 Å². The molecule has 3 N–H and O–H groups in total. The summed E-state index contributed by atoms with van der Waals surface area (Å²) in [7, 11) is 0. The van der Waals surface area contributed by atoms with Gasteiger partial charge in [-0.25, -0.2) is 4.79 Å². The molecular weight excluding hydrogens is 304 g/mol. The summed E-state index contributed by atoms with van der Waals surface area (Å²) in [6, 6.07) is 0.346. The third kappa shape index (κ3) is 4.81. The van der Waals surface area contributed by atoms with Gasteiger partial charge in [0.15, 0.2) is 0 Å². The minimum Gasteiger partial charge on any atom is -0.462 e. The third-order valence-electron chi connectivity index (χ3n) is 3.39. The van der Waals surface area contributed by atoms with Crippen LogP contribution in [-0.4, -0.2) is 24.9 Å². The van der Waals surface area contributed by atoms with Crippen molar-refractivity contribution in [2.75, 3.05) is 23.9 Å². The zero-order chi connectivity index (χ0) is 16.0. The first-order valence-electron chi connectivity index (χ1n) is 7.34. The van der Waals surface area contributed by atoms with Gasteiger partial charge in [0, 0.05) is 6.04 Å². The smallest absolute Gasteiger partial charge is 0.350 e. The van der Waals surface area contributed by atoms with Crippen molar-refractivity contribution in [2.45, 2.75) is 51.5 Å². The molecule has 0 radical (unpaired) electrons. The molecule has 0 spiro atoms. The average Bonchev–Trinajstić information content (AvgIpc) is 2.74. The molecule has 2 atom stereocenters. The Hall–Kier alpha value is -0.880. The Bertz CT molecular complexity index is 474. The van der Waals surface area contributed by atoms with Crippen molar-refractivity contribution in [3.8, 4) is 0 Å². The zero-order valence-corrected chi connectivity index (χ0v) is 15.1. The van der Waals surface area contributed by atoms with Crippen LogP contribution in [-0.2, 0) is 4.74 Å². The summed E-state index contributed by atoms with van der Waals surface area (Å²) in [5, 5.41) is 4.47. The molecule has 1 aromatic heterocycles. The Labute approximate surface area is 135 Å². The minimum atomic E-state index is -0.335. The van der Waals surface area contributed by atoms with Crippen LogP contribution >= 0.6 is 23.1 Å². The molecule has 0 saturated carbocycles. The molecule has 0 aromatic carbocycles. The number of nitrogen functional groups attached to an aromatic ring is 1. The summed E-state index contributed by atoms with van der Waals surface area (Å²) in [4.78, 5) is 13.4. The number of hydrogen-bond acceptors (Lipinski definition) is 6. The van der Waals surface area contributed by atoms with Gasteiger partial charge in [-0.2, -0.15) is 0 Å². The zero-order valence-electron chi connectivity index (χ0n) is 13.5. The molecular formula is C15H26N2O2S2. The van der Waals surface area contributed by atoms with Crippen molar-refractivity contribution < 1.29 is 9.53 Å². The average molecular weight is 331 g/mol. The molecule has 1 heterocycles. The Balaban J connectivity index is 2.91. The lowest BCUT2D eigenvalue weighted by atomic mass is 10.0. The molecule has 4 nitrogen and oxygen atoms in total. The number of esters is 1. The highest BCUT2D eigenvalue weighted by atomic mass is 32.2. The van der Waals surface area contributed by atoms with Crippen LogP contribution in [0.25, 0.3) is 0 Å². The fraction of sp³-hybridized carbons (Fsp3) is 0.667. The lowest BCUT2D eigenvalue weighted by Gasteiger charge is -2.18. The largest absolute Gasteiger partial charge is 0.462 e. The fourth-order valence-corrected chi connectivity index (χ4v) is 4.15. The van der Waals surface area contributed by atoms with E-state index in [1.165, 1.54) is 17.8 Å². The van der Waals surface area contributed by atoms with Crippen LogP contribution in [0.4, 0.5) is 10.7 Å². The second kappa shape index (κ2) is 8.54. The number of anilines is 2. The highest BCUT2D eigenvalue weighted by molar-refractivity contribution is 7.99. The third-order valence-corrected chi connectivity index (χ3v) is 5.47. The van der Waals surface area contributed by atoms with E-state index in [4.69, 9.17) is 10.5 Å². The van der Waals surface area contributed by atoms with Crippen molar-refractivity contribution in [3.05, 3.63) is 4.88 Å². The van der Waals surface area contributed by atoms with Crippen molar-refractivity contribution in [3.63, 3.8) is 0 Å². The standard InChI is InChI=1S/C15H26N2O2S2/c1-6-9(3)8-10(4)17-14-12(20-5)11(16)13(21-14)15(18)19-7-2/h9-10,17H,6-8,16H2,1-5H3. The SMILES string of the molecule is CCOC(=O)c1sc(NC(C)CC(C)CC)c(SC)c1N. The van der Waals surface area contributed by atoms with E-state index in [1.807, 2.05) is 6.26 Å². The Morgan fingerprint density at radius 2 is 2.10 bits per heavy atom. The van der Waals surface area contributed by atoms with Gasteiger partial charge in [0.2, 0.25) is 0 Å². The summed E-state index contributed by atoms with van der Waals surface area (Å²) in [5.74, 6) is 0.338. The summed E-state index contributed by atoms with van der Waals surface area (Å²) in [5.41, 5.74) is 6.63. The maximum atomic E-state index is 11.9. The van der Waals surface area contributed by atoms with Crippen molar-refractivity contribution >= 4 is 39.8 Å². The first-order valence-corrected chi connectivity index (χ1v) is 9.38. The summed E-state index contributed by atoms with van der Waals surface area (Å²) >= 11 is 2.95. The van der Waals surface area contributed by atoms with E-state index in [0.717, 1.165) is 16.3 Å². The number of ether oxygens (including phenoxy) is 1. The van der Waals surface area contributed by atoms with Gasteiger partial charge in [0.1, 0.15) is 9.88 Å². The quantitative estimate of drug-likeness (QED) is 0.544. The maximum Gasteiger partial charge on any atom is 0.350 e. The molecule has 2 unspecified atom stereocenters. The fourth-order valence-electron chi connectivity index (χ4n) is 2.13. The van der Waals surface area contributed by atoms with Gasteiger partial charge in [-0.15, -0.1) is 23.1 Å². The van der Waals surface area contributed by atoms with Crippen LogP contribution in [0.1, 0.15) is 50.2 Å². The van der Waals surface area contributed by atoms with E-state index in [-0.39, 0.29) is 5.97 Å². The van der Waals surface area contributed by atoms with Crippen LogP contribution < -0.4 is 11.1 Å². The highest BCUT2D eigenvalue weighted by Gasteiger charge is 2.22. The molecule has 6 heteroatoms. The monoisotopic (exact) mass is 330 g/mol. The van der Waals surface area contributed by atoms with Crippen LogP contribution in [0.5, 0.6) is 0 Å². The minimum absolute atomic E-state index is 0.335. The first-order chi connectivity index (χ1) is 9.94. The summed E-state index contributed by atoms with van der Waals surface area (Å²) in [6.45, 7) is 8.77. The molecule has 0 saturated heterocycles. The van der Waals surface area contributed by atoms with E-state index < -0.39 is 0 Å². The molecule has 0 aliphatic rings. The van der Waals surface area contributed by atoms with E-state index >= 15 is 0 Å². The van der Waals surface area contributed by atoms with E-state index in [1.54, 1.807) is 18.7 Å². The Morgan fingerprint density at radius 1 is 1.43 bits per heavy atom. The van der Waals surface area contributed by atoms with Crippen LogP contribution in [0.15, 0.2) is 4.90 Å². The van der Waals surface area contributed by atoms with E-state index in [0.29, 0.717) is 29.1 Å². The lowest BCUT2D eigenvalue weighted by Crippen LogP contribution is -2.17. The van der Waals surface area contributed by atoms with Crippen LogP contribution in [0.2, 0.25) is 0 Å². The number of carbonyl (C=O) groups excluding carboxylic acids is 1. The summed E-state index contributed by atoms with van der Waals surface area (Å²) in [6.07, 6.45) is 4.23. The van der Waals surface area contributed by atoms with Gasteiger partial charge in [0.25, 0.3) is 0 Å². The molecule has 120 valence electrons. The topological polar surface area (TPSA) is 64.3 Å². The number of carbonyl (C=O) groups is 1. The Kier molecular flexibility index (Phi) is 7.39. The van der Waals surface area contributed by atoms with Gasteiger partial charge in [-0.05, 0) is 32.4 Å². The van der Waals surface area contributed by atoms with Crippen molar-refractivity contribution in [1.82, 2.24) is 0 Å². The summed E-state index contributed by atoms with van der Waals surface area (Å²) < 4.78 is 5.06. The van der Waals surface area contributed by atoms with Gasteiger partial charge in [-0.1, -0.05) is 20.3 Å². The molecule has 21 heavy (non-hydrogen) atoms. The molecule has 1 rings (SSSR count). The number of thioether (sulfide) groups is 1. The lowest BCUT2D eigenvalue weighted by molar-refractivity contribution is 0.0533. The number of nitrogens with two attached hydrogens (primary N) is 1. The predicted molar refractivity (Wildman–Crippen MR) is 93.6 cm³/mol. The predicted octanol–water partition coefficient (Wildman–Crippen LogP) is 4.47. The van der Waals surface area contributed by atoms with Gasteiger partial charge >= 0.3 is 5.97 Å². The van der Waals surface area contributed by atoms with Gasteiger partial charge < -0.3 is 15.8 Å². The first kappa shape index (κ1) is 18.2. The van der Waals surface area contributed by atoms with Crippen molar-refractivity contribution in [1.29, 1.82) is 0 Å². The van der Waals surface area contributed by atoms with Gasteiger partial charge in [0.05, 0.1) is 17.2 Å². The van der Waals surface area contributed by atoms with Gasteiger partial charge in [-0.3, -0.25) is 0 Å². The second-order valence-corrected chi connectivity index (χ2v) is 7.06. The molecule has 0 aliphatic heterocycles. The van der Waals surface area contributed by atoms with Crippen molar-refractivity contribution in [2.24, 2.45) is 5.92 Å². The number of thiophene rings is 1. The van der Waals surface area contributed by atoms with E-state index in [2.05, 4.69) is 26.1 Å². The van der Waals surface area contributed by atoms with Crippen LogP contribution in [0, 0.1) is 5.92 Å². The molecule has 1 aromatic rings. The molecule has 0 fully saturated rings. The Morgan fingerprint density at radius 3 is 2.62 bits per heavy atom. The number of rotatable bonds is 8. The second-order valence-electron chi connectivity index (χ2n) is 5.22. The molecule has 0 bridgehead atoms. The molecule has 0 amide bonds.